The Morgan fingerprint density at radius 3 is 2.65 bits per heavy atom. The molecule has 0 saturated heterocycles. The lowest BCUT2D eigenvalue weighted by molar-refractivity contribution is -0.149. The monoisotopic (exact) mass is 297 g/mol. The van der Waals surface area contributed by atoms with Gasteiger partial charge < -0.3 is 14.8 Å². The summed E-state index contributed by atoms with van der Waals surface area (Å²) in [6.45, 7) is 6.76. The Morgan fingerprint density at radius 2 is 2.05 bits per heavy atom. The van der Waals surface area contributed by atoms with Crippen molar-refractivity contribution in [3.63, 3.8) is 0 Å². The van der Waals surface area contributed by atoms with Gasteiger partial charge in [-0.3, -0.25) is 4.79 Å². The number of nitrogens with one attached hydrogen (secondary N) is 1. The number of likely N-dealkylation sites (N-methyl/N-ethyl adjacent to an activating group) is 1. The summed E-state index contributed by atoms with van der Waals surface area (Å²) in [5.74, 6) is 1.18. The smallest absolute Gasteiger partial charge is 0.326 e. The van der Waals surface area contributed by atoms with Gasteiger partial charge in [0, 0.05) is 10.6 Å². The third kappa shape index (κ3) is 4.42. The van der Waals surface area contributed by atoms with Crippen molar-refractivity contribution in [2.24, 2.45) is 0 Å². The van der Waals surface area contributed by atoms with Gasteiger partial charge in [-0.05, 0) is 32.5 Å². The number of ether oxygens (including phenoxy) is 2. The van der Waals surface area contributed by atoms with E-state index in [1.165, 1.54) is 0 Å². The number of benzene rings is 1. The van der Waals surface area contributed by atoms with Crippen molar-refractivity contribution in [2.45, 2.75) is 31.2 Å². The van der Waals surface area contributed by atoms with Gasteiger partial charge in [-0.25, -0.2) is 0 Å². The van der Waals surface area contributed by atoms with Gasteiger partial charge in [-0.15, -0.1) is 11.8 Å². The molecular weight excluding hydrogens is 274 g/mol. The molecule has 0 bridgehead atoms. The minimum atomic E-state index is -0.698. The highest BCUT2D eigenvalue weighted by Crippen LogP contribution is 2.31. The van der Waals surface area contributed by atoms with Crippen LogP contribution < -0.4 is 10.1 Å². The molecule has 0 aliphatic heterocycles. The molecule has 0 amide bonds. The van der Waals surface area contributed by atoms with Crippen LogP contribution in [0.25, 0.3) is 0 Å². The van der Waals surface area contributed by atoms with Crippen LogP contribution in [-0.4, -0.2) is 37.5 Å². The zero-order valence-corrected chi connectivity index (χ0v) is 13.4. The maximum absolute atomic E-state index is 12.1. The van der Waals surface area contributed by atoms with Crippen LogP contribution in [0.3, 0.4) is 0 Å². The van der Waals surface area contributed by atoms with E-state index in [0.29, 0.717) is 18.9 Å². The van der Waals surface area contributed by atoms with Crippen molar-refractivity contribution >= 4 is 17.7 Å². The molecule has 0 radical (unpaired) electrons. The summed E-state index contributed by atoms with van der Waals surface area (Å²) >= 11 is 1.58. The molecule has 1 aromatic rings. The molecule has 1 atom stereocenters. The highest BCUT2D eigenvalue weighted by Gasteiger charge is 2.34. The molecule has 0 aromatic heterocycles. The van der Waals surface area contributed by atoms with Gasteiger partial charge in [0.2, 0.25) is 0 Å². The first kappa shape index (κ1) is 16.9. The zero-order valence-electron chi connectivity index (χ0n) is 12.6. The molecule has 20 heavy (non-hydrogen) atoms. The van der Waals surface area contributed by atoms with E-state index in [0.717, 1.165) is 10.6 Å². The fourth-order valence-corrected chi connectivity index (χ4v) is 2.96. The Hall–Kier alpha value is -1.20. The maximum atomic E-state index is 12.1. The van der Waals surface area contributed by atoms with E-state index in [-0.39, 0.29) is 5.97 Å². The lowest BCUT2D eigenvalue weighted by Gasteiger charge is -2.27. The van der Waals surface area contributed by atoms with Crippen LogP contribution in [0, 0.1) is 0 Å². The van der Waals surface area contributed by atoms with Crippen molar-refractivity contribution in [3.8, 4) is 5.75 Å². The second kappa shape index (κ2) is 8.17. The summed E-state index contributed by atoms with van der Waals surface area (Å²) in [6, 6.07) is 7.79. The lowest BCUT2D eigenvalue weighted by atomic mass is 10.1. The van der Waals surface area contributed by atoms with Crippen LogP contribution in [0.5, 0.6) is 5.75 Å². The number of methoxy groups -OCH3 is 1. The number of hydrogen-bond acceptors (Lipinski definition) is 5. The van der Waals surface area contributed by atoms with E-state index in [4.69, 9.17) is 9.47 Å². The molecule has 0 aliphatic carbocycles. The standard InChI is InChI=1S/C15H23NO3S/c1-5-16-15(3,14(17)19-6-2)11-20-13-10-8-7-9-12(13)18-4/h7-10,16H,5-6,11H2,1-4H3. The van der Waals surface area contributed by atoms with Crippen molar-refractivity contribution < 1.29 is 14.3 Å². The summed E-state index contributed by atoms with van der Waals surface area (Å²) in [5, 5.41) is 3.22. The largest absolute Gasteiger partial charge is 0.496 e. The summed E-state index contributed by atoms with van der Waals surface area (Å²) in [5.41, 5.74) is -0.698. The third-order valence-corrected chi connectivity index (χ3v) is 4.25. The summed E-state index contributed by atoms with van der Waals surface area (Å²) in [7, 11) is 1.65. The first-order valence-electron chi connectivity index (χ1n) is 6.75. The topological polar surface area (TPSA) is 47.6 Å². The summed E-state index contributed by atoms with van der Waals surface area (Å²) in [6.07, 6.45) is 0. The number of hydrogen-bond donors (Lipinski definition) is 1. The SMILES string of the molecule is CCNC(C)(CSc1ccccc1OC)C(=O)OCC. The minimum absolute atomic E-state index is 0.218. The molecule has 5 heteroatoms. The molecule has 0 fully saturated rings. The van der Waals surface area contributed by atoms with Gasteiger partial charge in [0.15, 0.2) is 0 Å². The van der Waals surface area contributed by atoms with E-state index in [2.05, 4.69) is 5.32 Å². The number of carbonyl (C=O) groups excluding carboxylic acids is 1. The second-order valence-electron chi connectivity index (χ2n) is 4.52. The molecule has 0 heterocycles. The number of rotatable bonds is 8. The van der Waals surface area contributed by atoms with E-state index >= 15 is 0 Å². The fraction of sp³-hybridized carbons (Fsp3) is 0.533. The first-order chi connectivity index (χ1) is 9.57. The van der Waals surface area contributed by atoms with Crippen LogP contribution in [0.2, 0.25) is 0 Å². The molecule has 1 aromatic carbocycles. The molecule has 0 aliphatic rings. The Bertz CT molecular complexity index is 439. The first-order valence-corrected chi connectivity index (χ1v) is 7.74. The van der Waals surface area contributed by atoms with Gasteiger partial charge in [-0.1, -0.05) is 19.1 Å². The summed E-state index contributed by atoms with van der Waals surface area (Å²) in [4.78, 5) is 13.1. The van der Waals surface area contributed by atoms with Crippen LogP contribution in [-0.2, 0) is 9.53 Å². The van der Waals surface area contributed by atoms with E-state index in [9.17, 15) is 4.79 Å². The quantitative estimate of drug-likeness (QED) is 0.590. The van der Waals surface area contributed by atoms with E-state index in [1.54, 1.807) is 18.9 Å². The van der Waals surface area contributed by atoms with Crippen molar-refractivity contribution in [1.82, 2.24) is 5.32 Å². The van der Waals surface area contributed by atoms with Gasteiger partial charge >= 0.3 is 5.97 Å². The zero-order chi connectivity index (χ0) is 15.0. The van der Waals surface area contributed by atoms with Crippen molar-refractivity contribution in [3.05, 3.63) is 24.3 Å². The summed E-state index contributed by atoms with van der Waals surface area (Å²) < 4.78 is 10.5. The van der Waals surface area contributed by atoms with Crippen LogP contribution in [0.4, 0.5) is 0 Å². The van der Waals surface area contributed by atoms with E-state index in [1.807, 2.05) is 45.0 Å². The van der Waals surface area contributed by atoms with Crippen LogP contribution >= 0.6 is 11.8 Å². The Balaban J connectivity index is 2.78. The van der Waals surface area contributed by atoms with Crippen molar-refractivity contribution in [1.29, 1.82) is 0 Å². The van der Waals surface area contributed by atoms with Gasteiger partial charge in [0.1, 0.15) is 11.3 Å². The highest BCUT2D eigenvalue weighted by molar-refractivity contribution is 7.99. The normalized spacial score (nSPS) is 13.6. The van der Waals surface area contributed by atoms with E-state index < -0.39 is 5.54 Å². The molecule has 1 rings (SSSR count). The third-order valence-electron chi connectivity index (χ3n) is 2.88. The highest BCUT2D eigenvalue weighted by atomic mass is 32.2. The number of thioether (sulfide) groups is 1. The minimum Gasteiger partial charge on any atom is -0.496 e. The number of carbonyl (C=O) groups is 1. The average Bonchev–Trinajstić information content (AvgIpc) is 2.46. The van der Waals surface area contributed by atoms with Crippen LogP contribution in [0.15, 0.2) is 29.2 Å². The molecule has 4 nitrogen and oxygen atoms in total. The number of esters is 1. The molecule has 0 spiro atoms. The Kier molecular flexibility index (Phi) is 6.88. The molecule has 112 valence electrons. The average molecular weight is 297 g/mol. The Morgan fingerprint density at radius 1 is 1.35 bits per heavy atom. The number of para-hydroxylation sites is 1. The molecule has 1 unspecified atom stereocenters. The van der Waals surface area contributed by atoms with Gasteiger partial charge in [0.25, 0.3) is 0 Å². The second-order valence-corrected chi connectivity index (χ2v) is 5.54. The van der Waals surface area contributed by atoms with Gasteiger partial charge in [0.05, 0.1) is 13.7 Å². The Labute approximate surface area is 125 Å². The fourth-order valence-electron chi connectivity index (χ4n) is 1.82. The predicted molar refractivity (Wildman–Crippen MR) is 82.4 cm³/mol. The molecule has 1 N–H and O–H groups in total. The lowest BCUT2D eigenvalue weighted by Crippen LogP contribution is -2.52. The van der Waals surface area contributed by atoms with Crippen LogP contribution in [0.1, 0.15) is 20.8 Å². The van der Waals surface area contributed by atoms with Gasteiger partial charge in [-0.2, -0.15) is 0 Å². The predicted octanol–water partition coefficient (Wildman–Crippen LogP) is 2.72. The molecule has 0 saturated carbocycles. The molecular formula is C15H23NO3S. The van der Waals surface area contributed by atoms with Crippen molar-refractivity contribution in [2.75, 3.05) is 26.0 Å². The maximum Gasteiger partial charge on any atom is 0.326 e.